The largest absolute Gasteiger partial charge is 0.482 e. The van der Waals surface area contributed by atoms with Crippen LogP contribution in [0, 0.1) is 15.9 Å². The number of nitro benzene ring substituents is 1. The summed E-state index contributed by atoms with van der Waals surface area (Å²) in [6, 6.07) is 5.23. The zero-order valence-corrected chi connectivity index (χ0v) is 12.2. The molecule has 2 aromatic rings. The van der Waals surface area contributed by atoms with Crippen molar-refractivity contribution < 1.29 is 14.1 Å². The van der Waals surface area contributed by atoms with E-state index in [1.54, 1.807) is 12.1 Å². The van der Waals surface area contributed by atoms with E-state index >= 15 is 0 Å². The van der Waals surface area contributed by atoms with Crippen molar-refractivity contribution in [2.75, 3.05) is 0 Å². The summed E-state index contributed by atoms with van der Waals surface area (Å²) in [7, 11) is 0. The minimum absolute atomic E-state index is 0.00325. The molecule has 8 heteroatoms. The fourth-order valence-electron chi connectivity index (χ4n) is 1.47. The third kappa shape index (κ3) is 3.43. The Labute approximate surface area is 126 Å². The van der Waals surface area contributed by atoms with E-state index in [4.69, 9.17) is 16.3 Å². The highest BCUT2D eigenvalue weighted by Gasteiger charge is 2.19. The summed E-state index contributed by atoms with van der Waals surface area (Å²) in [5, 5.41) is 11.2. The highest BCUT2D eigenvalue weighted by Crippen LogP contribution is 2.33. The Morgan fingerprint density at radius 2 is 2.20 bits per heavy atom. The molecule has 0 aliphatic rings. The van der Waals surface area contributed by atoms with Gasteiger partial charge in [0.15, 0.2) is 5.75 Å². The van der Waals surface area contributed by atoms with Gasteiger partial charge in [-0.25, -0.2) is 9.37 Å². The van der Waals surface area contributed by atoms with Crippen LogP contribution < -0.4 is 4.74 Å². The zero-order chi connectivity index (χ0) is 14.7. The Morgan fingerprint density at radius 3 is 2.85 bits per heavy atom. The first-order valence-corrected chi connectivity index (χ1v) is 6.51. The van der Waals surface area contributed by atoms with Gasteiger partial charge < -0.3 is 4.74 Å². The third-order valence-corrected chi connectivity index (χ3v) is 3.20. The summed E-state index contributed by atoms with van der Waals surface area (Å²) in [6.07, 6.45) is 1.48. The molecule has 0 spiro atoms. The van der Waals surface area contributed by atoms with Crippen molar-refractivity contribution in [3.8, 4) is 5.75 Å². The van der Waals surface area contributed by atoms with Crippen LogP contribution in [0.3, 0.4) is 0 Å². The summed E-state index contributed by atoms with van der Waals surface area (Å²) in [5.41, 5.74) is 0.348. The van der Waals surface area contributed by atoms with E-state index in [2.05, 4.69) is 20.9 Å². The highest BCUT2D eigenvalue weighted by molar-refractivity contribution is 9.10. The summed E-state index contributed by atoms with van der Waals surface area (Å²) < 4.78 is 18.7. The van der Waals surface area contributed by atoms with Crippen LogP contribution in [-0.2, 0) is 6.61 Å². The van der Waals surface area contributed by atoms with Gasteiger partial charge in [-0.3, -0.25) is 10.1 Å². The van der Waals surface area contributed by atoms with Crippen LogP contribution in [-0.4, -0.2) is 9.91 Å². The van der Waals surface area contributed by atoms with Crippen LogP contribution in [0.2, 0.25) is 5.15 Å². The molecule has 0 saturated carbocycles. The van der Waals surface area contributed by atoms with Crippen molar-refractivity contribution in [3.63, 3.8) is 0 Å². The fourth-order valence-corrected chi connectivity index (χ4v) is 2.00. The number of hydrogen-bond acceptors (Lipinski definition) is 4. The Bertz CT molecular complexity index is 669. The number of nitrogens with zero attached hydrogens (tertiary/aromatic N) is 2. The predicted octanol–water partition coefficient (Wildman–Crippen LogP) is 4.12. The molecular formula is C12H7BrClFN2O3. The van der Waals surface area contributed by atoms with Gasteiger partial charge in [0.2, 0.25) is 0 Å². The third-order valence-electron chi connectivity index (χ3n) is 2.38. The molecule has 1 heterocycles. The van der Waals surface area contributed by atoms with Crippen molar-refractivity contribution in [1.82, 2.24) is 4.98 Å². The van der Waals surface area contributed by atoms with Gasteiger partial charge in [0.05, 0.1) is 9.40 Å². The lowest BCUT2D eigenvalue weighted by Crippen LogP contribution is -2.00. The molecule has 0 fully saturated rings. The number of hydrogen-bond donors (Lipinski definition) is 0. The molecule has 0 unspecified atom stereocenters. The van der Waals surface area contributed by atoms with Gasteiger partial charge in [0.25, 0.3) is 0 Å². The average Bonchev–Trinajstić information content (AvgIpc) is 2.39. The van der Waals surface area contributed by atoms with Gasteiger partial charge in [0, 0.05) is 18.3 Å². The van der Waals surface area contributed by atoms with Crippen molar-refractivity contribution in [3.05, 3.63) is 61.6 Å². The fraction of sp³-hybridized carbons (Fsp3) is 0.0833. The van der Waals surface area contributed by atoms with Crippen molar-refractivity contribution >= 4 is 33.2 Å². The Kier molecular flexibility index (Phi) is 4.51. The summed E-state index contributed by atoms with van der Waals surface area (Å²) >= 11 is 8.61. The molecule has 104 valence electrons. The van der Waals surface area contributed by atoms with Crippen LogP contribution in [0.4, 0.5) is 10.1 Å². The van der Waals surface area contributed by atoms with Crippen LogP contribution in [0.25, 0.3) is 0 Å². The lowest BCUT2D eigenvalue weighted by atomic mass is 10.2. The van der Waals surface area contributed by atoms with Crippen LogP contribution in [0.5, 0.6) is 5.75 Å². The van der Waals surface area contributed by atoms with Gasteiger partial charge in [-0.15, -0.1) is 0 Å². The lowest BCUT2D eigenvalue weighted by Gasteiger charge is -2.08. The molecule has 0 saturated heterocycles. The normalized spacial score (nSPS) is 10.3. The van der Waals surface area contributed by atoms with E-state index in [1.165, 1.54) is 6.20 Å². The van der Waals surface area contributed by atoms with Gasteiger partial charge in [-0.2, -0.15) is 0 Å². The molecule has 5 nitrogen and oxygen atoms in total. The number of nitro groups is 1. The molecule has 0 atom stereocenters. The van der Waals surface area contributed by atoms with Crippen LogP contribution >= 0.6 is 27.5 Å². The van der Waals surface area contributed by atoms with Gasteiger partial charge in [-0.1, -0.05) is 11.6 Å². The summed E-state index contributed by atoms with van der Waals surface area (Å²) in [6.45, 7) is 0.0180. The highest BCUT2D eigenvalue weighted by atomic mass is 79.9. The number of pyridine rings is 1. The molecule has 0 aliphatic carbocycles. The monoisotopic (exact) mass is 360 g/mol. The van der Waals surface area contributed by atoms with E-state index in [0.717, 1.165) is 12.1 Å². The molecule has 0 radical (unpaired) electrons. The number of halogens is 3. The van der Waals surface area contributed by atoms with E-state index in [-0.39, 0.29) is 27.7 Å². The van der Waals surface area contributed by atoms with E-state index in [1.807, 2.05) is 0 Å². The second-order valence-electron chi connectivity index (χ2n) is 3.77. The zero-order valence-electron chi connectivity index (χ0n) is 9.85. The van der Waals surface area contributed by atoms with E-state index in [0.29, 0.717) is 5.56 Å². The molecule has 20 heavy (non-hydrogen) atoms. The predicted molar refractivity (Wildman–Crippen MR) is 74.3 cm³/mol. The first kappa shape index (κ1) is 14.7. The Hall–Kier alpha value is -1.73. The minimum atomic E-state index is -0.640. The molecule has 0 amide bonds. The summed E-state index contributed by atoms with van der Waals surface area (Å²) in [4.78, 5) is 14.1. The quantitative estimate of drug-likeness (QED) is 0.467. The Morgan fingerprint density at radius 1 is 1.45 bits per heavy atom. The number of benzene rings is 1. The maximum atomic E-state index is 13.4. The first-order chi connectivity index (χ1) is 9.47. The van der Waals surface area contributed by atoms with Crippen LogP contribution in [0.1, 0.15) is 5.56 Å². The molecular weight excluding hydrogens is 354 g/mol. The first-order valence-electron chi connectivity index (χ1n) is 5.34. The van der Waals surface area contributed by atoms with E-state index in [9.17, 15) is 14.5 Å². The molecule has 0 bridgehead atoms. The Balaban J connectivity index is 2.24. The van der Waals surface area contributed by atoms with Crippen molar-refractivity contribution in [2.24, 2.45) is 0 Å². The topological polar surface area (TPSA) is 65.3 Å². The van der Waals surface area contributed by atoms with Crippen molar-refractivity contribution in [2.45, 2.75) is 6.61 Å². The second-order valence-corrected chi connectivity index (χ2v) is 5.01. The van der Waals surface area contributed by atoms with Crippen molar-refractivity contribution in [1.29, 1.82) is 0 Å². The molecule has 1 aromatic carbocycles. The minimum Gasteiger partial charge on any atom is -0.482 e. The maximum absolute atomic E-state index is 13.4. The summed E-state index contributed by atoms with van der Waals surface area (Å²) in [5.74, 6) is -0.790. The van der Waals surface area contributed by atoms with E-state index < -0.39 is 10.7 Å². The number of rotatable bonds is 4. The molecule has 2 rings (SSSR count). The standard InChI is InChI=1S/C12H7BrClFN2O3/c13-8-4-10(17(18)19)11(5-9(8)15)20-6-7-1-2-16-12(14)3-7/h1-5H,6H2. The second kappa shape index (κ2) is 6.15. The average molecular weight is 362 g/mol. The SMILES string of the molecule is O=[N+]([O-])c1cc(Br)c(F)cc1OCc1ccnc(Cl)c1. The smallest absolute Gasteiger partial charge is 0.312 e. The lowest BCUT2D eigenvalue weighted by molar-refractivity contribution is -0.386. The molecule has 1 aromatic heterocycles. The number of aromatic nitrogens is 1. The van der Waals surface area contributed by atoms with Gasteiger partial charge in [0.1, 0.15) is 17.6 Å². The molecule has 0 N–H and O–H groups in total. The van der Waals surface area contributed by atoms with Crippen LogP contribution in [0.15, 0.2) is 34.9 Å². The number of ether oxygens (including phenoxy) is 1. The molecule has 0 aliphatic heterocycles. The van der Waals surface area contributed by atoms with Gasteiger partial charge >= 0.3 is 5.69 Å². The van der Waals surface area contributed by atoms with Gasteiger partial charge in [-0.05, 0) is 33.6 Å². The maximum Gasteiger partial charge on any atom is 0.312 e.